The average molecular weight is 282 g/mol. The SMILES string of the molecule is CCC1(C)CCN(c2cc(Cl)nc(C(C)C)n2)CC1. The number of halogens is 1. The Morgan fingerprint density at radius 1 is 1.32 bits per heavy atom. The third-order valence-electron chi connectivity index (χ3n) is 4.36. The van der Waals surface area contributed by atoms with Gasteiger partial charge >= 0.3 is 0 Å². The van der Waals surface area contributed by atoms with Crippen LogP contribution in [0.4, 0.5) is 5.82 Å². The third-order valence-corrected chi connectivity index (χ3v) is 4.56. The van der Waals surface area contributed by atoms with Crippen LogP contribution < -0.4 is 4.90 Å². The molecule has 0 amide bonds. The molecule has 1 fully saturated rings. The van der Waals surface area contributed by atoms with Crippen molar-refractivity contribution in [3.05, 3.63) is 17.0 Å². The van der Waals surface area contributed by atoms with Crippen LogP contribution >= 0.6 is 11.6 Å². The van der Waals surface area contributed by atoms with Gasteiger partial charge in [0.15, 0.2) is 0 Å². The van der Waals surface area contributed by atoms with Gasteiger partial charge < -0.3 is 4.90 Å². The van der Waals surface area contributed by atoms with Crippen LogP contribution in [0.3, 0.4) is 0 Å². The molecule has 106 valence electrons. The van der Waals surface area contributed by atoms with E-state index in [0.29, 0.717) is 16.5 Å². The fraction of sp³-hybridized carbons (Fsp3) is 0.733. The summed E-state index contributed by atoms with van der Waals surface area (Å²) >= 11 is 6.12. The molecule has 1 aromatic heterocycles. The molecule has 1 aliphatic heterocycles. The number of aromatic nitrogens is 2. The summed E-state index contributed by atoms with van der Waals surface area (Å²) in [6.07, 6.45) is 3.70. The summed E-state index contributed by atoms with van der Waals surface area (Å²) in [5.41, 5.74) is 0.494. The van der Waals surface area contributed by atoms with E-state index in [2.05, 4.69) is 42.6 Å². The Balaban J connectivity index is 2.15. The fourth-order valence-electron chi connectivity index (χ4n) is 2.47. The first-order chi connectivity index (χ1) is 8.93. The molecule has 0 saturated carbocycles. The Bertz CT molecular complexity index is 437. The molecule has 4 heteroatoms. The minimum atomic E-state index is 0.308. The Morgan fingerprint density at radius 3 is 2.47 bits per heavy atom. The molecule has 3 nitrogen and oxygen atoms in total. The molecule has 1 aliphatic rings. The largest absolute Gasteiger partial charge is 0.356 e. The highest BCUT2D eigenvalue weighted by Crippen LogP contribution is 2.35. The van der Waals surface area contributed by atoms with Gasteiger partial charge in [-0.3, -0.25) is 0 Å². The second-order valence-corrected chi connectivity index (χ2v) is 6.60. The van der Waals surface area contributed by atoms with Gasteiger partial charge in [-0.15, -0.1) is 0 Å². The summed E-state index contributed by atoms with van der Waals surface area (Å²) in [5.74, 6) is 2.14. The molecule has 0 spiro atoms. The Labute approximate surface area is 121 Å². The second-order valence-electron chi connectivity index (χ2n) is 6.21. The van der Waals surface area contributed by atoms with Crippen LogP contribution in [-0.4, -0.2) is 23.1 Å². The van der Waals surface area contributed by atoms with E-state index in [1.54, 1.807) is 0 Å². The van der Waals surface area contributed by atoms with Crippen molar-refractivity contribution in [1.82, 2.24) is 9.97 Å². The first kappa shape index (κ1) is 14.6. The topological polar surface area (TPSA) is 29.0 Å². The second kappa shape index (κ2) is 5.66. The smallest absolute Gasteiger partial charge is 0.135 e. The molecule has 0 radical (unpaired) electrons. The van der Waals surface area contributed by atoms with Gasteiger partial charge in [0.2, 0.25) is 0 Å². The van der Waals surface area contributed by atoms with Crippen LogP contribution in [0.15, 0.2) is 6.07 Å². The zero-order valence-corrected chi connectivity index (χ0v) is 13.2. The van der Waals surface area contributed by atoms with Crippen molar-refractivity contribution in [1.29, 1.82) is 0 Å². The lowest BCUT2D eigenvalue weighted by molar-refractivity contribution is 0.237. The number of piperidine rings is 1. The van der Waals surface area contributed by atoms with Gasteiger partial charge in [-0.25, -0.2) is 9.97 Å². The van der Waals surface area contributed by atoms with Crippen LogP contribution in [0.2, 0.25) is 5.15 Å². The minimum absolute atomic E-state index is 0.308. The maximum absolute atomic E-state index is 6.12. The van der Waals surface area contributed by atoms with E-state index < -0.39 is 0 Å². The molecule has 0 unspecified atom stereocenters. The lowest BCUT2D eigenvalue weighted by Gasteiger charge is -2.39. The van der Waals surface area contributed by atoms with Gasteiger partial charge in [0, 0.05) is 25.1 Å². The number of hydrogen-bond acceptors (Lipinski definition) is 3. The maximum Gasteiger partial charge on any atom is 0.135 e. The van der Waals surface area contributed by atoms with Crippen molar-refractivity contribution in [2.75, 3.05) is 18.0 Å². The van der Waals surface area contributed by atoms with E-state index >= 15 is 0 Å². The molecule has 1 aromatic rings. The quantitative estimate of drug-likeness (QED) is 0.775. The predicted octanol–water partition coefficient (Wildman–Crippen LogP) is 4.27. The monoisotopic (exact) mass is 281 g/mol. The third kappa shape index (κ3) is 3.38. The lowest BCUT2D eigenvalue weighted by atomic mass is 9.78. The molecule has 0 atom stereocenters. The van der Waals surface area contributed by atoms with E-state index in [4.69, 9.17) is 11.6 Å². The minimum Gasteiger partial charge on any atom is -0.356 e. The van der Waals surface area contributed by atoms with Gasteiger partial charge in [0.25, 0.3) is 0 Å². The van der Waals surface area contributed by atoms with E-state index in [1.807, 2.05) is 6.07 Å². The van der Waals surface area contributed by atoms with Crippen LogP contribution in [0, 0.1) is 5.41 Å². The van der Waals surface area contributed by atoms with Crippen LogP contribution in [-0.2, 0) is 0 Å². The highest BCUT2D eigenvalue weighted by molar-refractivity contribution is 6.29. The molecular weight excluding hydrogens is 258 g/mol. The molecular formula is C15H24ClN3. The van der Waals surface area contributed by atoms with Gasteiger partial charge in [0.05, 0.1) is 0 Å². The lowest BCUT2D eigenvalue weighted by Crippen LogP contribution is -2.39. The summed E-state index contributed by atoms with van der Waals surface area (Å²) in [6, 6.07) is 1.89. The van der Waals surface area contributed by atoms with Gasteiger partial charge in [-0.1, -0.05) is 45.7 Å². The van der Waals surface area contributed by atoms with Crippen molar-refractivity contribution >= 4 is 17.4 Å². The highest BCUT2D eigenvalue weighted by Gasteiger charge is 2.29. The highest BCUT2D eigenvalue weighted by atomic mass is 35.5. The van der Waals surface area contributed by atoms with Crippen molar-refractivity contribution in [3.8, 4) is 0 Å². The van der Waals surface area contributed by atoms with E-state index in [0.717, 1.165) is 24.7 Å². The van der Waals surface area contributed by atoms with Crippen molar-refractivity contribution < 1.29 is 0 Å². The number of anilines is 1. The zero-order valence-electron chi connectivity index (χ0n) is 12.4. The Hall–Kier alpha value is -0.830. The standard InChI is InChI=1S/C15H24ClN3/c1-5-15(4)6-8-19(9-7-15)13-10-12(16)17-14(18-13)11(2)3/h10-11H,5-9H2,1-4H3. The Kier molecular flexibility index (Phi) is 4.34. The van der Waals surface area contributed by atoms with E-state index in [1.165, 1.54) is 19.3 Å². The predicted molar refractivity (Wildman–Crippen MR) is 81.0 cm³/mol. The summed E-state index contributed by atoms with van der Waals surface area (Å²) in [7, 11) is 0. The number of rotatable bonds is 3. The van der Waals surface area contributed by atoms with Gasteiger partial charge in [-0.2, -0.15) is 0 Å². The molecule has 0 aromatic carbocycles. The fourth-order valence-corrected chi connectivity index (χ4v) is 2.66. The van der Waals surface area contributed by atoms with Crippen molar-refractivity contribution in [3.63, 3.8) is 0 Å². The van der Waals surface area contributed by atoms with Crippen LogP contribution in [0.1, 0.15) is 58.7 Å². The maximum atomic E-state index is 6.12. The number of nitrogens with zero attached hydrogens (tertiary/aromatic N) is 3. The summed E-state index contributed by atoms with van der Waals surface area (Å²) in [6.45, 7) is 11.0. The molecule has 0 N–H and O–H groups in total. The number of hydrogen-bond donors (Lipinski definition) is 0. The molecule has 0 bridgehead atoms. The van der Waals surface area contributed by atoms with Gasteiger partial charge in [-0.05, 0) is 18.3 Å². The summed E-state index contributed by atoms with van der Waals surface area (Å²) < 4.78 is 0. The molecule has 19 heavy (non-hydrogen) atoms. The Morgan fingerprint density at radius 2 is 1.95 bits per heavy atom. The van der Waals surface area contributed by atoms with Crippen molar-refractivity contribution in [2.45, 2.75) is 52.9 Å². The zero-order chi connectivity index (χ0) is 14.0. The summed E-state index contributed by atoms with van der Waals surface area (Å²) in [5, 5.41) is 0.553. The first-order valence-electron chi connectivity index (χ1n) is 7.23. The molecule has 2 heterocycles. The van der Waals surface area contributed by atoms with Crippen LogP contribution in [0.5, 0.6) is 0 Å². The molecule has 2 rings (SSSR count). The van der Waals surface area contributed by atoms with Gasteiger partial charge in [0.1, 0.15) is 16.8 Å². The van der Waals surface area contributed by atoms with E-state index in [9.17, 15) is 0 Å². The first-order valence-corrected chi connectivity index (χ1v) is 7.61. The molecule has 0 aliphatic carbocycles. The van der Waals surface area contributed by atoms with Crippen LogP contribution in [0.25, 0.3) is 0 Å². The summed E-state index contributed by atoms with van der Waals surface area (Å²) in [4.78, 5) is 11.3. The normalized spacial score (nSPS) is 18.9. The van der Waals surface area contributed by atoms with E-state index in [-0.39, 0.29) is 0 Å². The molecule has 1 saturated heterocycles. The average Bonchev–Trinajstić information content (AvgIpc) is 2.39. The van der Waals surface area contributed by atoms with Crippen molar-refractivity contribution in [2.24, 2.45) is 5.41 Å².